The van der Waals surface area contributed by atoms with Crippen LogP contribution in [-0.4, -0.2) is 37.9 Å². The van der Waals surface area contributed by atoms with Gasteiger partial charge in [0.2, 0.25) is 0 Å². The number of amides is 1. The Labute approximate surface area is 225 Å². The predicted molar refractivity (Wildman–Crippen MR) is 148 cm³/mol. The van der Waals surface area contributed by atoms with Crippen LogP contribution < -0.4 is 15.0 Å². The van der Waals surface area contributed by atoms with Crippen LogP contribution in [0.15, 0.2) is 54.7 Å². The second kappa shape index (κ2) is 12.5. The molecule has 190 valence electrons. The fraction of sp³-hybridized carbons (Fsp3) is 0.357. The molecule has 0 saturated heterocycles. The van der Waals surface area contributed by atoms with Crippen molar-refractivity contribution in [1.82, 2.24) is 10.3 Å². The van der Waals surface area contributed by atoms with Crippen LogP contribution in [0.4, 0.5) is 14.9 Å². The van der Waals surface area contributed by atoms with E-state index < -0.39 is 0 Å². The fourth-order valence-corrected chi connectivity index (χ4v) is 4.37. The van der Waals surface area contributed by atoms with Crippen molar-refractivity contribution in [3.05, 3.63) is 75.2 Å². The molecule has 36 heavy (non-hydrogen) atoms. The predicted octanol–water partition coefficient (Wildman–Crippen LogP) is 6.52. The Hall–Kier alpha value is -2.72. The highest BCUT2D eigenvalue weighted by Gasteiger charge is 2.28. The molecule has 6 nitrogen and oxygen atoms in total. The third-order valence-corrected chi connectivity index (χ3v) is 6.80. The maximum absolute atomic E-state index is 13.4. The lowest BCUT2D eigenvalue weighted by Gasteiger charge is -2.18. The number of nitrogens with one attached hydrogen (secondary N) is 1. The van der Waals surface area contributed by atoms with Gasteiger partial charge in [0.1, 0.15) is 11.6 Å². The standard InChI is InChI=1S/C28H31FIN3O3/c1-3-35-27-16-25(26-12-7-21(29)18-32-26)24(19-5-6-19)15-20(27)17-31-13-4-14-36-28(34)33(2)23-10-8-22(30)9-11-23/h7-12,15-16,18-19,31H,3-6,13-14,17H2,1-2H3. The molecule has 0 radical (unpaired) electrons. The minimum Gasteiger partial charge on any atom is -0.494 e. The van der Waals surface area contributed by atoms with Gasteiger partial charge in [-0.3, -0.25) is 9.88 Å². The number of carbonyl (C=O) groups is 1. The molecule has 3 aromatic rings. The minimum atomic E-state index is -0.367. The molecule has 2 aromatic carbocycles. The van der Waals surface area contributed by atoms with Crippen molar-refractivity contribution in [2.75, 3.05) is 31.7 Å². The molecule has 1 aliphatic rings. The van der Waals surface area contributed by atoms with E-state index in [0.717, 1.165) is 44.7 Å². The van der Waals surface area contributed by atoms with Gasteiger partial charge in [0, 0.05) is 34.0 Å². The van der Waals surface area contributed by atoms with Gasteiger partial charge >= 0.3 is 6.09 Å². The van der Waals surface area contributed by atoms with E-state index >= 15 is 0 Å². The number of nitrogens with zero attached hydrogens (tertiary/aromatic N) is 2. The van der Waals surface area contributed by atoms with E-state index in [2.05, 4.69) is 39.0 Å². The van der Waals surface area contributed by atoms with Crippen molar-refractivity contribution >= 4 is 34.4 Å². The summed E-state index contributed by atoms with van der Waals surface area (Å²) in [5, 5.41) is 3.44. The third kappa shape index (κ3) is 6.94. The largest absolute Gasteiger partial charge is 0.494 e. The SMILES string of the molecule is CCOc1cc(-c2ccc(F)cn2)c(C2CC2)cc1CNCCCOC(=O)N(C)c1ccc(I)cc1. The zero-order valence-corrected chi connectivity index (χ0v) is 22.8. The van der Waals surface area contributed by atoms with Gasteiger partial charge in [-0.1, -0.05) is 0 Å². The topological polar surface area (TPSA) is 63.7 Å². The quantitative estimate of drug-likeness (QED) is 0.200. The van der Waals surface area contributed by atoms with E-state index in [0.29, 0.717) is 38.6 Å². The van der Waals surface area contributed by atoms with Crippen molar-refractivity contribution in [2.24, 2.45) is 0 Å². The van der Waals surface area contributed by atoms with E-state index in [1.54, 1.807) is 13.1 Å². The molecule has 1 fully saturated rings. The Morgan fingerprint density at radius 1 is 1.19 bits per heavy atom. The summed E-state index contributed by atoms with van der Waals surface area (Å²) in [5.74, 6) is 0.969. The van der Waals surface area contributed by atoms with E-state index in [4.69, 9.17) is 9.47 Å². The summed E-state index contributed by atoms with van der Waals surface area (Å²) in [6.45, 7) is 4.19. The van der Waals surface area contributed by atoms with Crippen molar-refractivity contribution in [3.63, 3.8) is 0 Å². The van der Waals surface area contributed by atoms with Gasteiger partial charge in [0.15, 0.2) is 0 Å². The van der Waals surface area contributed by atoms with Crippen molar-refractivity contribution in [2.45, 2.75) is 38.6 Å². The molecule has 0 spiro atoms. The summed E-state index contributed by atoms with van der Waals surface area (Å²) in [7, 11) is 1.71. The van der Waals surface area contributed by atoms with Gasteiger partial charge in [-0.15, -0.1) is 0 Å². The monoisotopic (exact) mass is 603 g/mol. The first-order valence-corrected chi connectivity index (χ1v) is 13.3. The van der Waals surface area contributed by atoms with Crippen LogP contribution in [0.3, 0.4) is 0 Å². The lowest BCUT2D eigenvalue weighted by atomic mass is 9.96. The molecule has 1 heterocycles. The summed E-state index contributed by atoms with van der Waals surface area (Å²) >= 11 is 2.23. The van der Waals surface area contributed by atoms with Gasteiger partial charge in [-0.25, -0.2) is 9.18 Å². The molecule has 1 amide bonds. The molecular formula is C28H31FIN3O3. The van der Waals surface area contributed by atoms with Crippen molar-refractivity contribution < 1.29 is 18.7 Å². The van der Waals surface area contributed by atoms with Crippen LogP contribution in [0.2, 0.25) is 0 Å². The number of aromatic nitrogens is 1. The molecule has 0 aliphatic heterocycles. The van der Waals surface area contributed by atoms with Crippen molar-refractivity contribution in [3.8, 4) is 17.0 Å². The lowest BCUT2D eigenvalue weighted by Crippen LogP contribution is -2.28. The second-order valence-electron chi connectivity index (χ2n) is 8.80. The van der Waals surface area contributed by atoms with Gasteiger partial charge in [-0.05, 0) is 115 Å². The maximum Gasteiger partial charge on any atom is 0.414 e. The van der Waals surface area contributed by atoms with Crippen LogP contribution in [0.25, 0.3) is 11.3 Å². The Bertz CT molecular complexity index is 1170. The molecule has 0 bridgehead atoms. The number of pyridine rings is 1. The molecule has 8 heteroatoms. The van der Waals surface area contributed by atoms with Crippen LogP contribution in [0.1, 0.15) is 43.2 Å². The molecular weight excluding hydrogens is 572 g/mol. The lowest BCUT2D eigenvalue weighted by molar-refractivity contribution is 0.153. The molecule has 1 saturated carbocycles. The normalized spacial score (nSPS) is 12.9. The van der Waals surface area contributed by atoms with Crippen LogP contribution in [0, 0.1) is 9.39 Å². The fourth-order valence-electron chi connectivity index (χ4n) is 4.01. The average molecular weight is 603 g/mol. The van der Waals surface area contributed by atoms with E-state index in [1.807, 2.05) is 37.3 Å². The highest BCUT2D eigenvalue weighted by Crippen LogP contribution is 2.46. The summed E-state index contributed by atoms with van der Waals surface area (Å²) in [6, 6.07) is 15.1. The summed E-state index contributed by atoms with van der Waals surface area (Å²) < 4.78 is 25.9. The van der Waals surface area contributed by atoms with Gasteiger partial charge in [0.05, 0.1) is 25.1 Å². The van der Waals surface area contributed by atoms with Crippen LogP contribution in [-0.2, 0) is 11.3 Å². The number of hydrogen-bond donors (Lipinski definition) is 1. The molecule has 1 aromatic heterocycles. The highest BCUT2D eigenvalue weighted by atomic mass is 127. The third-order valence-electron chi connectivity index (χ3n) is 6.08. The average Bonchev–Trinajstić information content (AvgIpc) is 3.72. The number of ether oxygens (including phenoxy) is 2. The number of rotatable bonds is 11. The summed E-state index contributed by atoms with van der Waals surface area (Å²) in [6.07, 6.45) is 3.89. The van der Waals surface area contributed by atoms with E-state index in [1.165, 1.54) is 22.7 Å². The Balaban J connectivity index is 1.32. The molecule has 0 atom stereocenters. The maximum atomic E-state index is 13.4. The number of halogens is 2. The molecule has 4 rings (SSSR count). The summed E-state index contributed by atoms with van der Waals surface area (Å²) in [5.41, 5.74) is 4.89. The number of carbonyl (C=O) groups excluding carboxylic acids is 1. The zero-order chi connectivity index (χ0) is 25.5. The van der Waals surface area contributed by atoms with Crippen LogP contribution in [0.5, 0.6) is 5.75 Å². The second-order valence-corrected chi connectivity index (χ2v) is 10.0. The van der Waals surface area contributed by atoms with E-state index in [9.17, 15) is 9.18 Å². The molecule has 1 N–H and O–H groups in total. The van der Waals surface area contributed by atoms with E-state index in [-0.39, 0.29) is 11.9 Å². The number of anilines is 1. The Kier molecular flexibility index (Phi) is 9.14. The highest BCUT2D eigenvalue weighted by molar-refractivity contribution is 14.1. The molecule has 0 unspecified atom stereocenters. The molecule has 1 aliphatic carbocycles. The minimum absolute atomic E-state index is 0.335. The first-order chi connectivity index (χ1) is 17.5. The first kappa shape index (κ1) is 26.3. The first-order valence-electron chi connectivity index (χ1n) is 12.2. The smallest absolute Gasteiger partial charge is 0.414 e. The number of hydrogen-bond acceptors (Lipinski definition) is 5. The number of benzene rings is 2. The Morgan fingerprint density at radius 3 is 2.64 bits per heavy atom. The zero-order valence-electron chi connectivity index (χ0n) is 20.6. The van der Waals surface area contributed by atoms with Gasteiger partial charge in [-0.2, -0.15) is 0 Å². The van der Waals surface area contributed by atoms with Crippen molar-refractivity contribution in [1.29, 1.82) is 0 Å². The van der Waals surface area contributed by atoms with Gasteiger partial charge in [0.25, 0.3) is 0 Å². The van der Waals surface area contributed by atoms with Gasteiger partial charge < -0.3 is 14.8 Å². The van der Waals surface area contributed by atoms with Crippen LogP contribution >= 0.6 is 22.6 Å². The Morgan fingerprint density at radius 2 is 1.97 bits per heavy atom. The summed E-state index contributed by atoms with van der Waals surface area (Å²) in [4.78, 5) is 18.1.